The summed E-state index contributed by atoms with van der Waals surface area (Å²) in [6, 6.07) is -1.69. The van der Waals surface area contributed by atoms with E-state index in [4.69, 9.17) is 15.4 Å². The molecule has 0 aromatic heterocycles. The molecule has 1 unspecified atom stereocenters. The van der Waals surface area contributed by atoms with Gasteiger partial charge in [0.2, 0.25) is 11.7 Å². The van der Waals surface area contributed by atoms with Gasteiger partial charge < -0.3 is 30.5 Å². The molecule has 0 saturated carbocycles. The van der Waals surface area contributed by atoms with Gasteiger partial charge in [-0.2, -0.15) is 0 Å². The van der Waals surface area contributed by atoms with Crippen molar-refractivity contribution in [1.82, 2.24) is 5.32 Å². The van der Waals surface area contributed by atoms with Crippen molar-refractivity contribution in [3.63, 3.8) is 0 Å². The van der Waals surface area contributed by atoms with Gasteiger partial charge in [-0.15, -0.1) is 0 Å². The van der Waals surface area contributed by atoms with Crippen molar-refractivity contribution < 1.29 is 34.8 Å². The molecule has 1 aliphatic heterocycles. The molecule has 1 saturated heterocycles. The second-order valence-corrected chi connectivity index (χ2v) is 4.51. The summed E-state index contributed by atoms with van der Waals surface area (Å²) in [5.74, 6) is -4.46. The van der Waals surface area contributed by atoms with Crippen LogP contribution < -0.4 is 5.32 Å². The number of nitrogens with zero attached hydrogens (tertiary/aromatic N) is 3. The van der Waals surface area contributed by atoms with Crippen molar-refractivity contribution in [2.24, 2.45) is 5.11 Å². The number of ketones is 1. The zero-order valence-corrected chi connectivity index (χ0v) is 11.1. The normalized spacial score (nSPS) is 35.7. The second kappa shape index (κ2) is 6.80. The van der Waals surface area contributed by atoms with E-state index in [-0.39, 0.29) is 0 Å². The van der Waals surface area contributed by atoms with Crippen molar-refractivity contribution in [3.05, 3.63) is 10.4 Å². The highest BCUT2D eigenvalue weighted by Crippen LogP contribution is 2.29. The van der Waals surface area contributed by atoms with Crippen LogP contribution in [0.15, 0.2) is 5.11 Å². The van der Waals surface area contributed by atoms with Crippen LogP contribution in [0, 0.1) is 0 Å². The Hall–Kier alpha value is -1.75. The third-order valence-electron chi connectivity index (χ3n) is 3.10. The van der Waals surface area contributed by atoms with Crippen molar-refractivity contribution in [2.45, 2.75) is 37.1 Å². The van der Waals surface area contributed by atoms with Gasteiger partial charge in [0.05, 0.1) is 6.61 Å². The highest BCUT2D eigenvalue weighted by molar-refractivity contribution is 5.86. The van der Waals surface area contributed by atoms with Crippen molar-refractivity contribution >= 4 is 11.7 Å². The van der Waals surface area contributed by atoms with Crippen molar-refractivity contribution in [3.8, 4) is 0 Å². The van der Waals surface area contributed by atoms with Gasteiger partial charge in [-0.1, -0.05) is 5.11 Å². The molecule has 118 valence electrons. The maximum atomic E-state index is 11.6. The average molecular weight is 304 g/mol. The van der Waals surface area contributed by atoms with Gasteiger partial charge in [-0.05, 0) is 5.53 Å². The highest BCUT2D eigenvalue weighted by Gasteiger charge is 2.56. The van der Waals surface area contributed by atoms with Gasteiger partial charge in [0.15, 0.2) is 5.78 Å². The molecule has 0 bridgehead atoms. The Labute approximate surface area is 118 Å². The molecule has 1 amide bonds. The summed E-state index contributed by atoms with van der Waals surface area (Å²) in [4.78, 5) is 25.4. The highest BCUT2D eigenvalue weighted by atomic mass is 16.7. The molecule has 0 aliphatic carbocycles. The first-order valence-corrected chi connectivity index (χ1v) is 5.96. The summed E-state index contributed by atoms with van der Waals surface area (Å²) in [7, 11) is 0. The molecular formula is C10H16N4O7. The molecule has 0 aromatic carbocycles. The number of aliphatic hydroxyl groups excluding tert-OH is 3. The van der Waals surface area contributed by atoms with E-state index in [1.54, 1.807) is 0 Å². The Morgan fingerprint density at radius 3 is 2.52 bits per heavy atom. The lowest BCUT2D eigenvalue weighted by molar-refractivity contribution is -0.300. The number of rotatable bonds is 5. The van der Waals surface area contributed by atoms with Crippen LogP contribution in [0.25, 0.3) is 10.4 Å². The van der Waals surface area contributed by atoms with Gasteiger partial charge in [-0.3, -0.25) is 9.59 Å². The number of azide groups is 1. The molecule has 0 aromatic rings. The molecule has 1 fully saturated rings. The van der Waals surface area contributed by atoms with Crippen LogP contribution in [0.5, 0.6) is 0 Å². The molecule has 1 heterocycles. The van der Waals surface area contributed by atoms with Gasteiger partial charge in [0, 0.05) is 11.8 Å². The van der Waals surface area contributed by atoms with E-state index in [0.717, 1.165) is 6.92 Å². The Morgan fingerprint density at radius 1 is 1.43 bits per heavy atom. The van der Waals surface area contributed by atoms with Crippen LogP contribution in [0.3, 0.4) is 0 Å². The maximum Gasteiger partial charge on any atom is 0.250 e. The Balaban J connectivity index is 3.03. The lowest BCUT2D eigenvalue weighted by atomic mass is 9.88. The van der Waals surface area contributed by atoms with Crippen LogP contribution >= 0.6 is 0 Å². The summed E-state index contributed by atoms with van der Waals surface area (Å²) in [5, 5.41) is 43.9. The topological polar surface area (TPSA) is 185 Å². The minimum absolute atomic E-state index is 0.632. The van der Waals surface area contributed by atoms with Gasteiger partial charge in [0.1, 0.15) is 30.9 Å². The molecule has 1 aliphatic rings. The van der Waals surface area contributed by atoms with Crippen LogP contribution in [-0.2, 0) is 14.3 Å². The van der Waals surface area contributed by atoms with Gasteiger partial charge in [-0.25, -0.2) is 0 Å². The quantitative estimate of drug-likeness (QED) is 0.206. The molecule has 21 heavy (non-hydrogen) atoms. The van der Waals surface area contributed by atoms with Gasteiger partial charge >= 0.3 is 0 Å². The van der Waals surface area contributed by atoms with E-state index in [1.165, 1.54) is 0 Å². The smallest absolute Gasteiger partial charge is 0.250 e. The molecule has 5 N–H and O–H groups in total. The first kappa shape index (κ1) is 17.3. The Bertz CT molecular complexity index is 466. The number of nitrogens with one attached hydrogen (secondary N) is 1. The number of Topliss-reactive ketones (excluding diaryl/α,β-unsaturated/α-hetero) is 1. The van der Waals surface area contributed by atoms with E-state index >= 15 is 0 Å². The lowest BCUT2D eigenvalue weighted by Crippen LogP contribution is -2.72. The summed E-state index contributed by atoms with van der Waals surface area (Å²) >= 11 is 0. The molecular weight excluding hydrogens is 288 g/mol. The van der Waals surface area contributed by atoms with Gasteiger partial charge in [0.25, 0.3) is 0 Å². The predicted molar refractivity (Wildman–Crippen MR) is 65.5 cm³/mol. The second-order valence-electron chi connectivity index (χ2n) is 4.51. The molecule has 0 spiro atoms. The number of amides is 1. The molecule has 11 heteroatoms. The fraction of sp³-hybridized carbons (Fsp3) is 0.800. The zero-order chi connectivity index (χ0) is 16.2. The van der Waals surface area contributed by atoms with Crippen LogP contribution in [0.1, 0.15) is 6.92 Å². The number of hydrogen-bond donors (Lipinski definition) is 5. The summed E-state index contributed by atoms with van der Waals surface area (Å²) in [6.07, 6.45) is -4.82. The largest absolute Gasteiger partial charge is 0.394 e. The van der Waals surface area contributed by atoms with E-state index in [2.05, 4.69) is 15.3 Å². The van der Waals surface area contributed by atoms with Crippen LogP contribution in [0.4, 0.5) is 0 Å². The Kier molecular flexibility index (Phi) is 5.61. The zero-order valence-electron chi connectivity index (χ0n) is 11.1. The number of carbonyl (C=O) groups excluding carboxylic acids is 2. The van der Waals surface area contributed by atoms with E-state index in [9.17, 15) is 24.9 Å². The van der Waals surface area contributed by atoms with Crippen LogP contribution in [-0.4, -0.2) is 75.4 Å². The number of hydrogen-bond acceptors (Lipinski definition) is 8. The monoisotopic (exact) mass is 304 g/mol. The SMILES string of the molecule is CC(=O)C1(O)O[C@H](CO)[C@@H](O)[C@H](O)[C@@H]1NC(=O)CN=[N+]=[N-]. The fourth-order valence-corrected chi connectivity index (χ4v) is 1.97. The summed E-state index contributed by atoms with van der Waals surface area (Å²) in [6.45, 7) is -0.439. The first-order valence-electron chi connectivity index (χ1n) is 5.96. The van der Waals surface area contributed by atoms with E-state index in [1.807, 2.05) is 0 Å². The summed E-state index contributed by atoms with van der Waals surface area (Å²) < 4.78 is 4.91. The lowest BCUT2D eigenvalue weighted by Gasteiger charge is -2.46. The van der Waals surface area contributed by atoms with Crippen molar-refractivity contribution in [1.29, 1.82) is 0 Å². The predicted octanol–water partition coefficient (Wildman–Crippen LogP) is -2.83. The average Bonchev–Trinajstić information content (AvgIpc) is 2.45. The van der Waals surface area contributed by atoms with E-state index < -0.39 is 55.0 Å². The molecule has 5 atom stereocenters. The Morgan fingerprint density at radius 2 is 2.05 bits per heavy atom. The summed E-state index contributed by atoms with van der Waals surface area (Å²) in [5.41, 5.74) is 8.11. The van der Waals surface area contributed by atoms with Crippen LogP contribution in [0.2, 0.25) is 0 Å². The number of ether oxygens (including phenoxy) is 1. The minimum Gasteiger partial charge on any atom is -0.394 e. The third kappa shape index (κ3) is 3.47. The third-order valence-corrected chi connectivity index (χ3v) is 3.10. The van der Waals surface area contributed by atoms with E-state index in [0.29, 0.717) is 0 Å². The minimum atomic E-state index is -2.63. The number of carbonyl (C=O) groups is 2. The van der Waals surface area contributed by atoms with Crippen molar-refractivity contribution in [2.75, 3.05) is 13.2 Å². The molecule has 1 rings (SSSR count). The number of aliphatic hydroxyl groups is 4. The standard InChI is InChI=1S/C10H16N4O7/c1-4(16)10(20)9(13-6(17)2-12-14-11)8(19)7(18)5(3-15)21-10/h5,7-9,15,18-20H,2-3H2,1H3,(H,13,17)/t5-,7-,8+,9+,10?/m1/s1. The fourth-order valence-electron chi connectivity index (χ4n) is 1.97. The molecule has 11 nitrogen and oxygen atoms in total. The molecule has 0 radical (unpaired) electrons. The first-order chi connectivity index (χ1) is 9.77. The maximum absolute atomic E-state index is 11.6.